The number of nitrogens with zero attached hydrogens (tertiary/aromatic N) is 1. The lowest BCUT2D eigenvalue weighted by Crippen LogP contribution is -2.41. The van der Waals surface area contributed by atoms with E-state index in [1.807, 2.05) is 6.92 Å². The molecular formula is C12H11NO3. The first-order valence-corrected chi connectivity index (χ1v) is 5.28. The number of carbonyl (C=O) groups excluding carboxylic acids is 2. The number of hydrogen-bond acceptors (Lipinski definition) is 3. The minimum absolute atomic E-state index is 0.0159. The van der Waals surface area contributed by atoms with Gasteiger partial charge in [0, 0.05) is 0 Å². The van der Waals surface area contributed by atoms with Crippen LogP contribution in [0, 0.1) is 0 Å². The minimum atomic E-state index is -0.205. The number of hydrogen-bond donors (Lipinski definition) is 0. The number of fused-ring (bicyclic) bond motifs is 1. The maximum Gasteiger partial charge on any atom is 0.261 e. The first-order valence-electron chi connectivity index (χ1n) is 5.28. The molecule has 2 heterocycles. The zero-order chi connectivity index (χ0) is 11.3. The van der Waals surface area contributed by atoms with E-state index in [0.29, 0.717) is 17.7 Å². The van der Waals surface area contributed by atoms with Gasteiger partial charge in [0.15, 0.2) is 0 Å². The summed E-state index contributed by atoms with van der Waals surface area (Å²) in [5, 5.41) is 0. The molecule has 2 aliphatic rings. The largest absolute Gasteiger partial charge is 0.371 e. The summed E-state index contributed by atoms with van der Waals surface area (Å²) in [7, 11) is 0. The highest BCUT2D eigenvalue weighted by Gasteiger charge is 2.44. The summed E-state index contributed by atoms with van der Waals surface area (Å²) < 4.78 is 5.13. The Morgan fingerprint density at radius 3 is 2.19 bits per heavy atom. The number of epoxide rings is 1. The molecule has 0 N–H and O–H groups in total. The first kappa shape index (κ1) is 9.54. The molecule has 4 heteroatoms. The molecule has 0 unspecified atom stereocenters. The number of imide groups is 1. The fourth-order valence-electron chi connectivity index (χ4n) is 2.08. The van der Waals surface area contributed by atoms with Gasteiger partial charge < -0.3 is 4.74 Å². The second-order valence-electron chi connectivity index (χ2n) is 4.14. The Labute approximate surface area is 92.8 Å². The maximum absolute atomic E-state index is 12.0. The molecule has 16 heavy (non-hydrogen) atoms. The molecule has 0 spiro atoms. The Kier molecular flexibility index (Phi) is 1.88. The van der Waals surface area contributed by atoms with Crippen LogP contribution in [0.3, 0.4) is 0 Å². The minimum Gasteiger partial charge on any atom is -0.371 e. The van der Waals surface area contributed by atoms with Gasteiger partial charge in [-0.3, -0.25) is 14.5 Å². The van der Waals surface area contributed by atoms with Crippen molar-refractivity contribution < 1.29 is 14.3 Å². The molecule has 1 fully saturated rings. The van der Waals surface area contributed by atoms with E-state index in [-0.39, 0.29) is 24.0 Å². The average Bonchev–Trinajstić information content (AvgIpc) is 3.09. The Morgan fingerprint density at radius 1 is 1.25 bits per heavy atom. The van der Waals surface area contributed by atoms with E-state index in [1.165, 1.54) is 4.90 Å². The van der Waals surface area contributed by atoms with Crippen molar-refractivity contribution in [2.24, 2.45) is 0 Å². The van der Waals surface area contributed by atoms with Crippen molar-refractivity contribution >= 4 is 11.8 Å². The van der Waals surface area contributed by atoms with E-state index in [1.54, 1.807) is 24.3 Å². The zero-order valence-corrected chi connectivity index (χ0v) is 8.84. The molecule has 1 aromatic carbocycles. The van der Waals surface area contributed by atoms with E-state index >= 15 is 0 Å². The van der Waals surface area contributed by atoms with Crippen LogP contribution >= 0.6 is 0 Å². The quantitative estimate of drug-likeness (QED) is 0.550. The highest BCUT2D eigenvalue weighted by atomic mass is 16.6. The van der Waals surface area contributed by atoms with Crippen molar-refractivity contribution in [3.63, 3.8) is 0 Å². The van der Waals surface area contributed by atoms with Gasteiger partial charge in [0.1, 0.15) is 6.10 Å². The summed E-state index contributed by atoms with van der Waals surface area (Å²) >= 11 is 0. The van der Waals surface area contributed by atoms with Gasteiger partial charge >= 0.3 is 0 Å². The molecule has 1 aromatic rings. The van der Waals surface area contributed by atoms with Gasteiger partial charge in [-0.2, -0.15) is 0 Å². The summed E-state index contributed by atoms with van der Waals surface area (Å²) in [5.41, 5.74) is 1.00. The lowest BCUT2D eigenvalue weighted by Gasteiger charge is -2.20. The van der Waals surface area contributed by atoms with Crippen LogP contribution in [0.25, 0.3) is 0 Å². The molecule has 2 amide bonds. The van der Waals surface area contributed by atoms with Crippen LogP contribution in [0.1, 0.15) is 27.6 Å². The van der Waals surface area contributed by atoms with E-state index in [2.05, 4.69) is 0 Å². The summed E-state index contributed by atoms with van der Waals surface area (Å²) in [5.74, 6) is -0.410. The normalized spacial score (nSPS) is 24.6. The molecule has 2 aliphatic heterocycles. The van der Waals surface area contributed by atoms with E-state index in [4.69, 9.17) is 4.74 Å². The van der Waals surface area contributed by atoms with Crippen molar-refractivity contribution in [1.82, 2.24) is 4.90 Å². The first-order chi connectivity index (χ1) is 7.70. The van der Waals surface area contributed by atoms with Gasteiger partial charge in [0.2, 0.25) is 0 Å². The smallest absolute Gasteiger partial charge is 0.261 e. The lowest BCUT2D eigenvalue weighted by molar-refractivity contribution is 0.0572. The molecule has 0 aromatic heterocycles. The van der Waals surface area contributed by atoms with Crippen LogP contribution in [0.5, 0.6) is 0 Å². The average molecular weight is 217 g/mol. The Hall–Kier alpha value is -1.68. The summed E-state index contributed by atoms with van der Waals surface area (Å²) in [4.78, 5) is 25.4. The number of rotatable bonds is 2. The molecule has 82 valence electrons. The number of benzene rings is 1. The van der Waals surface area contributed by atoms with Gasteiger partial charge in [0.05, 0.1) is 23.8 Å². The molecule has 4 nitrogen and oxygen atoms in total. The van der Waals surface area contributed by atoms with Crippen LogP contribution in [-0.2, 0) is 4.74 Å². The molecule has 0 bridgehead atoms. The number of amides is 2. The van der Waals surface area contributed by atoms with Crippen molar-refractivity contribution in [2.45, 2.75) is 19.1 Å². The molecule has 1 saturated heterocycles. The fourth-order valence-corrected chi connectivity index (χ4v) is 2.08. The molecule has 0 radical (unpaired) electrons. The lowest BCUT2D eigenvalue weighted by atomic mass is 10.1. The summed E-state index contributed by atoms with van der Waals surface area (Å²) in [6.07, 6.45) is 0.0159. The molecular weight excluding hydrogens is 206 g/mol. The number of carbonyl (C=O) groups is 2. The Bertz CT molecular complexity index is 444. The van der Waals surface area contributed by atoms with Gasteiger partial charge in [-0.15, -0.1) is 0 Å². The van der Waals surface area contributed by atoms with E-state index in [9.17, 15) is 9.59 Å². The predicted octanol–water partition coefficient (Wildman–Crippen LogP) is 1.07. The molecule has 2 atom stereocenters. The SMILES string of the molecule is C[C@@H]([C@H]1CO1)N1C(=O)c2ccccc2C1=O. The topological polar surface area (TPSA) is 49.9 Å². The second-order valence-corrected chi connectivity index (χ2v) is 4.14. The van der Waals surface area contributed by atoms with Crippen LogP contribution in [0.4, 0.5) is 0 Å². The molecule has 3 rings (SSSR count). The van der Waals surface area contributed by atoms with Crippen LogP contribution in [0.2, 0.25) is 0 Å². The van der Waals surface area contributed by atoms with Crippen molar-refractivity contribution in [2.75, 3.05) is 6.61 Å². The molecule has 0 saturated carbocycles. The second kappa shape index (κ2) is 3.15. The Balaban J connectivity index is 2.00. The van der Waals surface area contributed by atoms with E-state index in [0.717, 1.165) is 0 Å². The van der Waals surface area contributed by atoms with E-state index < -0.39 is 0 Å². The fraction of sp³-hybridized carbons (Fsp3) is 0.333. The van der Waals surface area contributed by atoms with Gasteiger partial charge in [0.25, 0.3) is 11.8 Å². The van der Waals surface area contributed by atoms with Crippen LogP contribution in [-0.4, -0.2) is 35.5 Å². The van der Waals surface area contributed by atoms with Gasteiger partial charge in [-0.1, -0.05) is 12.1 Å². The summed E-state index contributed by atoms with van der Waals surface area (Å²) in [6, 6.07) is 6.75. The third-order valence-electron chi connectivity index (χ3n) is 3.13. The van der Waals surface area contributed by atoms with Crippen molar-refractivity contribution in [3.05, 3.63) is 35.4 Å². The van der Waals surface area contributed by atoms with Crippen molar-refractivity contribution in [3.8, 4) is 0 Å². The monoisotopic (exact) mass is 217 g/mol. The third-order valence-corrected chi connectivity index (χ3v) is 3.13. The van der Waals surface area contributed by atoms with Crippen molar-refractivity contribution in [1.29, 1.82) is 0 Å². The molecule has 0 aliphatic carbocycles. The highest BCUT2D eigenvalue weighted by molar-refractivity contribution is 6.21. The Morgan fingerprint density at radius 2 is 1.75 bits per heavy atom. The third kappa shape index (κ3) is 1.20. The standard InChI is InChI=1S/C12H11NO3/c1-7(10-6-16-10)13-11(14)8-4-2-3-5-9(8)12(13)15/h2-5,7,10H,6H2,1H3/t7-,10+/m0/s1. The van der Waals surface area contributed by atoms with Gasteiger partial charge in [-0.05, 0) is 19.1 Å². The van der Waals surface area contributed by atoms with Gasteiger partial charge in [-0.25, -0.2) is 0 Å². The van der Waals surface area contributed by atoms with Crippen LogP contribution < -0.4 is 0 Å². The summed E-state index contributed by atoms with van der Waals surface area (Å²) in [6.45, 7) is 2.48. The maximum atomic E-state index is 12.0. The zero-order valence-electron chi connectivity index (χ0n) is 8.84. The van der Waals surface area contributed by atoms with Crippen LogP contribution in [0.15, 0.2) is 24.3 Å². The number of ether oxygens (including phenoxy) is 1. The predicted molar refractivity (Wildman–Crippen MR) is 56.1 cm³/mol. The highest BCUT2D eigenvalue weighted by Crippen LogP contribution is 2.28.